The van der Waals surface area contributed by atoms with Crippen LogP contribution in [-0.2, 0) is 9.47 Å². The Kier molecular flexibility index (Phi) is 9.38. The molecule has 0 aromatic carbocycles. The Labute approximate surface area is 117 Å². The molecule has 5 nitrogen and oxygen atoms in total. The summed E-state index contributed by atoms with van der Waals surface area (Å²) in [5, 5.41) is 13.1. The smallest absolute Gasteiger partial charge is 0.0897 e. The van der Waals surface area contributed by atoms with E-state index in [0.29, 0.717) is 39.0 Å². The summed E-state index contributed by atoms with van der Waals surface area (Å²) in [6.07, 6.45) is 2.20. The summed E-state index contributed by atoms with van der Waals surface area (Å²) in [5.74, 6) is 0. The molecule has 1 fully saturated rings. The molecule has 0 saturated carbocycles. The number of rotatable bonds is 11. The second-order valence-electron chi connectivity index (χ2n) is 5.18. The highest BCUT2D eigenvalue weighted by Gasteiger charge is 2.17. The summed E-state index contributed by atoms with van der Waals surface area (Å²) >= 11 is 0. The number of aliphatic hydroxyl groups is 1. The number of ether oxygens (including phenoxy) is 2. The normalized spacial score (nSPS) is 19.7. The predicted molar refractivity (Wildman–Crippen MR) is 76.5 cm³/mol. The summed E-state index contributed by atoms with van der Waals surface area (Å²) in [6, 6.07) is 0.550. The van der Waals surface area contributed by atoms with Crippen LogP contribution in [0.3, 0.4) is 0 Å². The molecule has 5 heteroatoms. The Bertz CT molecular complexity index is 211. The zero-order valence-corrected chi connectivity index (χ0v) is 12.4. The maximum absolute atomic E-state index is 9.74. The molecule has 0 aromatic heterocycles. The van der Waals surface area contributed by atoms with Crippen molar-refractivity contribution in [2.24, 2.45) is 0 Å². The van der Waals surface area contributed by atoms with Gasteiger partial charge in [-0.25, -0.2) is 0 Å². The SMILES string of the molecule is CCOCCOCC(O)CNCC(C)N1CCCC1. The Hall–Kier alpha value is -0.200. The van der Waals surface area contributed by atoms with Crippen LogP contribution in [0.15, 0.2) is 0 Å². The van der Waals surface area contributed by atoms with Crippen LogP contribution < -0.4 is 5.32 Å². The van der Waals surface area contributed by atoms with Gasteiger partial charge in [-0.1, -0.05) is 0 Å². The molecule has 1 rings (SSSR count). The Morgan fingerprint density at radius 2 is 1.84 bits per heavy atom. The molecule has 0 amide bonds. The lowest BCUT2D eigenvalue weighted by Crippen LogP contribution is -2.41. The molecule has 19 heavy (non-hydrogen) atoms. The van der Waals surface area contributed by atoms with Crippen molar-refractivity contribution in [2.75, 3.05) is 52.6 Å². The van der Waals surface area contributed by atoms with E-state index < -0.39 is 6.10 Å². The van der Waals surface area contributed by atoms with E-state index in [1.807, 2.05) is 6.92 Å². The van der Waals surface area contributed by atoms with E-state index in [9.17, 15) is 5.11 Å². The van der Waals surface area contributed by atoms with Crippen molar-refractivity contribution >= 4 is 0 Å². The molecule has 1 saturated heterocycles. The lowest BCUT2D eigenvalue weighted by molar-refractivity contribution is 0.00618. The van der Waals surface area contributed by atoms with Crippen LogP contribution in [0.25, 0.3) is 0 Å². The van der Waals surface area contributed by atoms with Crippen LogP contribution in [0.4, 0.5) is 0 Å². The number of nitrogens with one attached hydrogen (secondary N) is 1. The molecule has 2 atom stereocenters. The Morgan fingerprint density at radius 3 is 2.53 bits per heavy atom. The summed E-state index contributed by atoms with van der Waals surface area (Å²) in [6.45, 7) is 10.4. The molecule has 0 radical (unpaired) electrons. The van der Waals surface area contributed by atoms with Crippen molar-refractivity contribution in [3.63, 3.8) is 0 Å². The zero-order valence-electron chi connectivity index (χ0n) is 12.4. The summed E-state index contributed by atoms with van der Waals surface area (Å²) in [5.41, 5.74) is 0. The maximum atomic E-state index is 9.74. The highest BCUT2D eigenvalue weighted by Crippen LogP contribution is 2.10. The van der Waals surface area contributed by atoms with Gasteiger partial charge in [0.25, 0.3) is 0 Å². The van der Waals surface area contributed by atoms with E-state index in [-0.39, 0.29) is 0 Å². The first kappa shape index (κ1) is 16.9. The standard InChI is InChI=1S/C14H30N2O3/c1-3-18-8-9-19-12-14(17)11-15-10-13(2)16-6-4-5-7-16/h13-15,17H,3-12H2,1-2H3. The molecule has 0 aliphatic carbocycles. The van der Waals surface area contributed by atoms with Crippen molar-refractivity contribution in [2.45, 2.75) is 38.8 Å². The Morgan fingerprint density at radius 1 is 1.16 bits per heavy atom. The zero-order chi connectivity index (χ0) is 13.9. The largest absolute Gasteiger partial charge is 0.389 e. The molecule has 1 heterocycles. The maximum Gasteiger partial charge on any atom is 0.0897 e. The molecule has 114 valence electrons. The molecular weight excluding hydrogens is 244 g/mol. The van der Waals surface area contributed by atoms with Gasteiger partial charge in [0.2, 0.25) is 0 Å². The molecular formula is C14H30N2O3. The minimum atomic E-state index is -0.438. The fraction of sp³-hybridized carbons (Fsp3) is 1.00. The highest BCUT2D eigenvalue weighted by molar-refractivity contribution is 4.75. The van der Waals surface area contributed by atoms with E-state index in [1.54, 1.807) is 0 Å². The molecule has 2 N–H and O–H groups in total. The summed E-state index contributed by atoms with van der Waals surface area (Å²) < 4.78 is 10.5. The van der Waals surface area contributed by atoms with Gasteiger partial charge in [-0.05, 0) is 39.8 Å². The summed E-state index contributed by atoms with van der Waals surface area (Å²) in [4.78, 5) is 2.50. The van der Waals surface area contributed by atoms with E-state index in [4.69, 9.17) is 9.47 Å². The van der Waals surface area contributed by atoms with Crippen LogP contribution in [0.1, 0.15) is 26.7 Å². The van der Waals surface area contributed by atoms with Gasteiger partial charge in [0.15, 0.2) is 0 Å². The monoisotopic (exact) mass is 274 g/mol. The van der Waals surface area contributed by atoms with Crippen molar-refractivity contribution in [1.82, 2.24) is 10.2 Å². The quantitative estimate of drug-likeness (QED) is 0.537. The molecule has 0 aromatic rings. The number of hydrogen-bond acceptors (Lipinski definition) is 5. The van der Waals surface area contributed by atoms with Crippen molar-refractivity contribution in [3.05, 3.63) is 0 Å². The number of aliphatic hydroxyl groups excluding tert-OH is 1. The lowest BCUT2D eigenvalue weighted by atomic mass is 10.3. The van der Waals surface area contributed by atoms with Gasteiger partial charge in [-0.2, -0.15) is 0 Å². The van der Waals surface area contributed by atoms with Gasteiger partial charge in [0.1, 0.15) is 0 Å². The van der Waals surface area contributed by atoms with E-state index in [0.717, 1.165) is 6.54 Å². The van der Waals surface area contributed by atoms with Gasteiger partial charge in [-0.3, -0.25) is 4.90 Å². The topological polar surface area (TPSA) is 54.0 Å². The molecule has 1 aliphatic rings. The minimum absolute atomic E-state index is 0.373. The third kappa shape index (κ3) is 7.84. The molecule has 0 bridgehead atoms. The van der Waals surface area contributed by atoms with Crippen LogP contribution in [-0.4, -0.2) is 74.8 Å². The average molecular weight is 274 g/mol. The first-order valence-corrected chi connectivity index (χ1v) is 7.52. The third-order valence-corrected chi connectivity index (χ3v) is 3.47. The average Bonchev–Trinajstić information content (AvgIpc) is 2.92. The second kappa shape index (κ2) is 10.6. The molecule has 2 unspecified atom stereocenters. The summed E-state index contributed by atoms with van der Waals surface area (Å²) in [7, 11) is 0. The van der Waals surface area contributed by atoms with Crippen molar-refractivity contribution in [3.8, 4) is 0 Å². The fourth-order valence-corrected chi connectivity index (χ4v) is 2.31. The molecule has 0 spiro atoms. The van der Waals surface area contributed by atoms with Gasteiger partial charge in [-0.15, -0.1) is 0 Å². The highest BCUT2D eigenvalue weighted by atomic mass is 16.5. The Balaban J connectivity index is 1.92. The van der Waals surface area contributed by atoms with E-state index in [1.165, 1.54) is 25.9 Å². The number of nitrogens with zero attached hydrogens (tertiary/aromatic N) is 1. The van der Waals surface area contributed by atoms with Crippen LogP contribution in [0.5, 0.6) is 0 Å². The van der Waals surface area contributed by atoms with Crippen LogP contribution >= 0.6 is 0 Å². The van der Waals surface area contributed by atoms with Gasteiger partial charge < -0.3 is 19.9 Å². The number of hydrogen-bond donors (Lipinski definition) is 2. The van der Waals surface area contributed by atoms with Crippen molar-refractivity contribution in [1.29, 1.82) is 0 Å². The first-order chi connectivity index (χ1) is 9.24. The fourth-order valence-electron chi connectivity index (χ4n) is 2.31. The van der Waals surface area contributed by atoms with E-state index >= 15 is 0 Å². The second-order valence-corrected chi connectivity index (χ2v) is 5.18. The van der Waals surface area contributed by atoms with Crippen LogP contribution in [0.2, 0.25) is 0 Å². The van der Waals surface area contributed by atoms with Gasteiger partial charge in [0, 0.05) is 25.7 Å². The first-order valence-electron chi connectivity index (χ1n) is 7.52. The predicted octanol–water partition coefficient (Wildman–Crippen LogP) is 0.474. The van der Waals surface area contributed by atoms with Gasteiger partial charge >= 0.3 is 0 Å². The lowest BCUT2D eigenvalue weighted by Gasteiger charge is -2.24. The minimum Gasteiger partial charge on any atom is -0.389 e. The third-order valence-electron chi connectivity index (χ3n) is 3.47. The number of likely N-dealkylation sites (tertiary alicyclic amines) is 1. The van der Waals surface area contributed by atoms with Crippen LogP contribution in [0, 0.1) is 0 Å². The van der Waals surface area contributed by atoms with E-state index in [2.05, 4.69) is 17.1 Å². The van der Waals surface area contributed by atoms with Crippen molar-refractivity contribution < 1.29 is 14.6 Å². The van der Waals surface area contributed by atoms with Gasteiger partial charge in [0.05, 0.1) is 25.9 Å². The molecule has 1 aliphatic heterocycles.